The molecule has 2 atom stereocenters. The maximum atomic E-state index is 6.29. The number of rotatable bonds is 2. The molecule has 1 aromatic carbocycles. The minimum absolute atomic E-state index is 0.132. The molecule has 5 heteroatoms. The molecule has 114 valence electrons. The van der Waals surface area contributed by atoms with Crippen molar-refractivity contribution < 1.29 is 4.74 Å². The van der Waals surface area contributed by atoms with Crippen LogP contribution in [0.4, 0.5) is 0 Å². The summed E-state index contributed by atoms with van der Waals surface area (Å²) in [7, 11) is 0. The molecule has 3 aromatic rings. The van der Waals surface area contributed by atoms with Crippen LogP contribution in [0, 0.1) is 0 Å². The first-order valence-corrected chi connectivity index (χ1v) is 9.35. The second-order valence-electron chi connectivity index (χ2n) is 5.65. The largest absolute Gasteiger partial charge is 0.464 e. The van der Waals surface area contributed by atoms with Crippen LogP contribution >= 0.6 is 22.7 Å². The van der Waals surface area contributed by atoms with Crippen molar-refractivity contribution >= 4 is 28.4 Å². The highest BCUT2D eigenvalue weighted by molar-refractivity contribution is 7.12. The maximum absolute atomic E-state index is 6.29. The van der Waals surface area contributed by atoms with E-state index < -0.39 is 0 Å². The molecule has 0 bridgehead atoms. The van der Waals surface area contributed by atoms with Gasteiger partial charge < -0.3 is 4.74 Å². The number of fused-ring (bicyclic) bond motifs is 3. The Morgan fingerprint density at radius 3 is 2.70 bits per heavy atom. The quantitative estimate of drug-likeness (QED) is 0.653. The normalized spacial score (nSPS) is 22.3. The third kappa shape index (κ3) is 2.11. The summed E-state index contributed by atoms with van der Waals surface area (Å²) in [5.74, 6) is 0.981. The third-order valence-corrected chi connectivity index (χ3v) is 6.11. The standard InChI is InChI=1S/C18H14N2OS2/c1-2-6-15-12(5-1)14-11-13(16-7-3-9-22-16)19-20(14)18(21-15)17-8-4-10-23-17/h1-10,14,18H,11H2/t14-,18+/m0/s1. The Hall–Kier alpha value is -2.11. The van der Waals surface area contributed by atoms with Crippen molar-refractivity contribution in [1.82, 2.24) is 5.01 Å². The zero-order valence-electron chi connectivity index (χ0n) is 12.3. The Balaban J connectivity index is 1.62. The van der Waals surface area contributed by atoms with Crippen LogP contribution in [0.5, 0.6) is 5.75 Å². The molecule has 0 unspecified atom stereocenters. The van der Waals surface area contributed by atoms with Crippen molar-refractivity contribution in [2.75, 3.05) is 0 Å². The number of thiophene rings is 2. The van der Waals surface area contributed by atoms with E-state index >= 15 is 0 Å². The zero-order chi connectivity index (χ0) is 15.2. The van der Waals surface area contributed by atoms with Crippen molar-refractivity contribution in [3.63, 3.8) is 0 Å². The first kappa shape index (κ1) is 13.3. The fourth-order valence-electron chi connectivity index (χ4n) is 3.25. The van der Waals surface area contributed by atoms with Gasteiger partial charge in [-0.15, -0.1) is 22.7 Å². The molecule has 0 radical (unpaired) electrons. The van der Waals surface area contributed by atoms with Crippen LogP contribution in [0.1, 0.15) is 34.0 Å². The molecule has 0 aliphatic carbocycles. The van der Waals surface area contributed by atoms with E-state index in [9.17, 15) is 0 Å². The summed E-state index contributed by atoms with van der Waals surface area (Å²) in [5.41, 5.74) is 2.39. The first-order chi connectivity index (χ1) is 11.4. The van der Waals surface area contributed by atoms with Crippen LogP contribution in [0.25, 0.3) is 0 Å². The molecule has 23 heavy (non-hydrogen) atoms. The average Bonchev–Trinajstić information content (AvgIpc) is 3.34. The lowest BCUT2D eigenvalue weighted by molar-refractivity contribution is -0.0165. The van der Waals surface area contributed by atoms with Gasteiger partial charge >= 0.3 is 0 Å². The van der Waals surface area contributed by atoms with Crippen molar-refractivity contribution in [3.05, 3.63) is 74.6 Å². The van der Waals surface area contributed by atoms with E-state index in [1.54, 1.807) is 22.7 Å². The molecular weight excluding hydrogens is 324 g/mol. The van der Waals surface area contributed by atoms with E-state index in [1.807, 2.05) is 6.07 Å². The van der Waals surface area contributed by atoms with Crippen molar-refractivity contribution in [3.8, 4) is 5.75 Å². The minimum Gasteiger partial charge on any atom is -0.464 e. The van der Waals surface area contributed by atoms with Gasteiger partial charge in [0.15, 0.2) is 0 Å². The number of benzene rings is 1. The van der Waals surface area contributed by atoms with Gasteiger partial charge in [0.05, 0.1) is 21.5 Å². The maximum Gasteiger partial charge on any atom is 0.222 e. The Kier molecular flexibility index (Phi) is 3.02. The molecule has 5 rings (SSSR count). The summed E-state index contributed by atoms with van der Waals surface area (Å²) < 4.78 is 6.29. The monoisotopic (exact) mass is 338 g/mol. The first-order valence-electron chi connectivity index (χ1n) is 7.59. The lowest BCUT2D eigenvalue weighted by Crippen LogP contribution is -2.33. The predicted octanol–water partition coefficient (Wildman–Crippen LogP) is 5.05. The zero-order valence-corrected chi connectivity index (χ0v) is 13.9. The Bertz CT molecular complexity index is 855. The van der Waals surface area contributed by atoms with E-state index in [1.165, 1.54) is 15.3 Å². The lowest BCUT2D eigenvalue weighted by atomic mass is 9.98. The molecule has 0 saturated heterocycles. The van der Waals surface area contributed by atoms with Crippen molar-refractivity contribution in [2.45, 2.75) is 18.7 Å². The van der Waals surface area contributed by atoms with Crippen molar-refractivity contribution in [1.29, 1.82) is 0 Å². The van der Waals surface area contributed by atoms with Gasteiger partial charge in [0, 0.05) is 12.0 Å². The Labute approximate surface area is 142 Å². The Morgan fingerprint density at radius 1 is 1.00 bits per heavy atom. The number of para-hydroxylation sites is 1. The van der Waals surface area contributed by atoms with Crippen molar-refractivity contribution in [2.24, 2.45) is 5.10 Å². The molecule has 0 amide bonds. The average molecular weight is 338 g/mol. The summed E-state index contributed by atoms with van der Waals surface area (Å²) in [6.07, 6.45) is 0.801. The number of ether oxygens (including phenoxy) is 1. The highest BCUT2D eigenvalue weighted by Gasteiger charge is 2.41. The van der Waals surface area contributed by atoms with E-state index in [0.29, 0.717) is 0 Å². The predicted molar refractivity (Wildman–Crippen MR) is 94.2 cm³/mol. The van der Waals surface area contributed by atoms with E-state index in [-0.39, 0.29) is 12.3 Å². The number of nitrogens with zero attached hydrogens (tertiary/aromatic N) is 2. The number of hydrogen-bond donors (Lipinski definition) is 0. The van der Waals surface area contributed by atoms with Crippen LogP contribution < -0.4 is 4.74 Å². The van der Waals surface area contributed by atoms with E-state index in [4.69, 9.17) is 9.84 Å². The van der Waals surface area contributed by atoms with Gasteiger partial charge in [-0.1, -0.05) is 30.3 Å². The second-order valence-corrected chi connectivity index (χ2v) is 7.57. The summed E-state index contributed by atoms with van der Waals surface area (Å²) in [5, 5.41) is 11.3. The second kappa shape index (κ2) is 5.22. The van der Waals surface area contributed by atoms with Gasteiger partial charge in [0.2, 0.25) is 6.23 Å². The fourth-order valence-corrected chi connectivity index (χ4v) is 4.71. The van der Waals surface area contributed by atoms with Gasteiger partial charge in [-0.3, -0.25) is 0 Å². The number of hydrazone groups is 1. The lowest BCUT2D eigenvalue weighted by Gasteiger charge is -2.37. The third-order valence-electron chi connectivity index (χ3n) is 4.29. The van der Waals surface area contributed by atoms with Crippen LogP contribution in [-0.4, -0.2) is 10.7 Å². The van der Waals surface area contributed by atoms with Crippen LogP contribution in [-0.2, 0) is 0 Å². The molecule has 4 heterocycles. The van der Waals surface area contributed by atoms with Gasteiger partial charge in [0.1, 0.15) is 5.75 Å². The SMILES string of the molecule is c1csc(C2=NN3[C@@H](c4cccs4)Oc4ccccc4[C@@H]3C2)c1. The van der Waals surface area contributed by atoms with E-state index in [2.05, 4.69) is 58.2 Å². The molecule has 2 aliphatic rings. The van der Waals surface area contributed by atoms with Gasteiger partial charge in [-0.25, -0.2) is 5.01 Å². The fraction of sp³-hybridized carbons (Fsp3) is 0.167. The topological polar surface area (TPSA) is 24.8 Å². The molecule has 0 spiro atoms. The van der Waals surface area contributed by atoms with Gasteiger partial charge in [0.25, 0.3) is 0 Å². The summed E-state index contributed by atoms with van der Waals surface area (Å²) in [4.78, 5) is 2.45. The molecule has 2 aliphatic heterocycles. The molecule has 3 nitrogen and oxygen atoms in total. The summed E-state index contributed by atoms with van der Waals surface area (Å²) in [6, 6.07) is 17.0. The van der Waals surface area contributed by atoms with Gasteiger partial charge in [-0.2, -0.15) is 5.10 Å². The molecule has 2 aromatic heterocycles. The summed E-state index contributed by atoms with van der Waals surface area (Å²) in [6.45, 7) is 0. The van der Waals surface area contributed by atoms with Crippen LogP contribution in [0.2, 0.25) is 0 Å². The van der Waals surface area contributed by atoms with Gasteiger partial charge in [-0.05, 0) is 29.0 Å². The molecule has 0 saturated carbocycles. The minimum atomic E-state index is -0.132. The van der Waals surface area contributed by atoms with Crippen LogP contribution in [0.3, 0.4) is 0 Å². The van der Waals surface area contributed by atoms with Crippen LogP contribution in [0.15, 0.2) is 64.4 Å². The highest BCUT2D eigenvalue weighted by atomic mass is 32.1. The Morgan fingerprint density at radius 2 is 1.87 bits per heavy atom. The number of hydrogen-bond acceptors (Lipinski definition) is 5. The smallest absolute Gasteiger partial charge is 0.222 e. The van der Waals surface area contributed by atoms with E-state index in [0.717, 1.165) is 17.9 Å². The molecule has 0 fully saturated rings. The molecular formula is C18H14N2OS2. The molecule has 0 N–H and O–H groups in total. The highest BCUT2D eigenvalue weighted by Crippen LogP contribution is 2.48. The summed E-state index contributed by atoms with van der Waals surface area (Å²) >= 11 is 3.47.